The normalized spacial score (nSPS) is 13.6. The third kappa shape index (κ3) is 4.25. The van der Waals surface area contributed by atoms with Crippen LogP contribution in [0.3, 0.4) is 0 Å². The number of carbonyl (C=O) groups is 2. The van der Waals surface area contributed by atoms with Crippen LogP contribution in [0, 0.1) is 0 Å². The molecule has 0 unspecified atom stereocenters. The van der Waals surface area contributed by atoms with Crippen LogP contribution in [0.25, 0.3) is 17.2 Å². The van der Waals surface area contributed by atoms with Crippen LogP contribution in [0.4, 0.5) is 0 Å². The molecular weight excluding hydrogens is 380 g/mol. The Balaban J connectivity index is 1.48. The Morgan fingerprint density at radius 2 is 1.70 bits per heavy atom. The molecule has 5 nitrogen and oxygen atoms in total. The van der Waals surface area contributed by atoms with Gasteiger partial charge in [-0.15, -0.1) is 0 Å². The van der Waals surface area contributed by atoms with Crippen molar-refractivity contribution < 1.29 is 23.8 Å². The van der Waals surface area contributed by atoms with Gasteiger partial charge < -0.3 is 14.2 Å². The molecule has 0 amide bonds. The van der Waals surface area contributed by atoms with E-state index < -0.39 is 5.97 Å². The van der Waals surface area contributed by atoms with Crippen molar-refractivity contribution >= 4 is 17.8 Å². The standard InChI is InChI=1S/C25H20O5/c1-2-28-24(26)16-29-20-12-13-21-22(15-20)30-23(25(21)27)14-17-8-10-19(11-9-17)18-6-4-3-5-7-18/h3-15H,2,16H2,1H3/b23-14+. The molecule has 0 atom stereocenters. The third-order valence-electron chi connectivity index (χ3n) is 4.62. The number of allylic oxidation sites excluding steroid dienone is 1. The highest BCUT2D eigenvalue weighted by molar-refractivity contribution is 6.14. The first-order chi connectivity index (χ1) is 14.6. The Labute approximate surface area is 174 Å². The van der Waals surface area contributed by atoms with Crippen molar-refractivity contribution in [2.45, 2.75) is 6.92 Å². The molecule has 4 rings (SSSR count). The van der Waals surface area contributed by atoms with E-state index in [-0.39, 0.29) is 18.1 Å². The van der Waals surface area contributed by atoms with Crippen LogP contribution in [0.2, 0.25) is 0 Å². The highest BCUT2D eigenvalue weighted by atomic mass is 16.6. The number of ketones is 1. The van der Waals surface area contributed by atoms with Crippen molar-refractivity contribution in [3.8, 4) is 22.6 Å². The van der Waals surface area contributed by atoms with Crippen molar-refractivity contribution in [2.75, 3.05) is 13.2 Å². The maximum atomic E-state index is 12.6. The lowest BCUT2D eigenvalue weighted by atomic mass is 10.0. The van der Waals surface area contributed by atoms with Gasteiger partial charge in [-0.2, -0.15) is 0 Å². The molecule has 5 heteroatoms. The molecular formula is C25H20O5. The van der Waals surface area contributed by atoms with Crippen molar-refractivity contribution in [3.05, 3.63) is 89.7 Å². The average molecular weight is 400 g/mol. The summed E-state index contributed by atoms with van der Waals surface area (Å²) in [6, 6.07) is 22.9. The van der Waals surface area contributed by atoms with E-state index in [2.05, 4.69) is 12.1 Å². The summed E-state index contributed by atoms with van der Waals surface area (Å²) in [6.45, 7) is 1.83. The van der Waals surface area contributed by atoms with Gasteiger partial charge in [0, 0.05) is 6.07 Å². The molecule has 150 valence electrons. The number of Topliss-reactive ketones (excluding diaryl/α,β-unsaturated/α-hetero) is 1. The summed E-state index contributed by atoms with van der Waals surface area (Å²) >= 11 is 0. The molecule has 0 saturated carbocycles. The monoisotopic (exact) mass is 400 g/mol. The molecule has 0 spiro atoms. The first kappa shape index (κ1) is 19.5. The lowest BCUT2D eigenvalue weighted by Gasteiger charge is -2.06. The van der Waals surface area contributed by atoms with Gasteiger partial charge in [-0.3, -0.25) is 4.79 Å². The fourth-order valence-electron chi connectivity index (χ4n) is 3.16. The van der Waals surface area contributed by atoms with Crippen LogP contribution in [0.15, 0.2) is 78.6 Å². The van der Waals surface area contributed by atoms with E-state index in [1.54, 1.807) is 31.2 Å². The molecule has 0 saturated heterocycles. The molecule has 0 N–H and O–H groups in total. The molecule has 0 radical (unpaired) electrons. The van der Waals surface area contributed by atoms with Crippen LogP contribution in [0.5, 0.6) is 11.5 Å². The molecule has 1 heterocycles. The molecule has 1 aliphatic heterocycles. The number of carbonyl (C=O) groups excluding carboxylic acids is 2. The topological polar surface area (TPSA) is 61.8 Å². The Morgan fingerprint density at radius 3 is 2.43 bits per heavy atom. The van der Waals surface area contributed by atoms with E-state index >= 15 is 0 Å². The minimum Gasteiger partial charge on any atom is -0.482 e. The second kappa shape index (κ2) is 8.66. The number of rotatable bonds is 6. The Bertz CT molecular complexity index is 1100. The smallest absolute Gasteiger partial charge is 0.344 e. The number of hydrogen-bond donors (Lipinski definition) is 0. The summed E-state index contributed by atoms with van der Waals surface area (Å²) < 4.78 is 16.0. The van der Waals surface area contributed by atoms with Crippen LogP contribution >= 0.6 is 0 Å². The van der Waals surface area contributed by atoms with Crippen LogP contribution < -0.4 is 9.47 Å². The highest BCUT2D eigenvalue weighted by Gasteiger charge is 2.27. The van der Waals surface area contributed by atoms with Gasteiger partial charge in [-0.05, 0) is 41.8 Å². The summed E-state index contributed by atoms with van der Waals surface area (Å²) in [6.07, 6.45) is 1.72. The van der Waals surface area contributed by atoms with Crippen molar-refractivity contribution in [3.63, 3.8) is 0 Å². The van der Waals surface area contributed by atoms with Crippen LogP contribution in [0.1, 0.15) is 22.8 Å². The van der Waals surface area contributed by atoms with E-state index in [0.717, 1.165) is 16.7 Å². The first-order valence-electron chi connectivity index (χ1n) is 9.66. The molecule has 1 aliphatic rings. The molecule has 0 aliphatic carbocycles. The van der Waals surface area contributed by atoms with Gasteiger partial charge in [-0.1, -0.05) is 54.6 Å². The predicted molar refractivity (Wildman–Crippen MR) is 113 cm³/mol. The number of fused-ring (bicyclic) bond motifs is 1. The van der Waals surface area contributed by atoms with Gasteiger partial charge >= 0.3 is 5.97 Å². The molecule has 0 aromatic heterocycles. The first-order valence-corrected chi connectivity index (χ1v) is 9.66. The number of hydrogen-bond acceptors (Lipinski definition) is 5. The molecule has 30 heavy (non-hydrogen) atoms. The Hall–Kier alpha value is -3.86. The summed E-state index contributed by atoms with van der Waals surface area (Å²) in [5.74, 6) is 0.459. The summed E-state index contributed by atoms with van der Waals surface area (Å²) in [4.78, 5) is 24.1. The molecule has 0 bridgehead atoms. The van der Waals surface area contributed by atoms with Crippen molar-refractivity contribution in [1.29, 1.82) is 0 Å². The van der Waals surface area contributed by atoms with E-state index in [1.807, 2.05) is 42.5 Å². The second-order valence-electron chi connectivity index (χ2n) is 6.68. The number of esters is 1. The summed E-state index contributed by atoms with van der Waals surface area (Å²) in [7, 11) is 0. The lowest BCUT2D eigenvalue weighted by molar-refractivity contribution is -0.145. The Kier molecular flexibility index (Phi) is 5.61. The van der Waals surface area contributed by atoms with Crippen LogP contribution in [-0.4, -0.2) is 25.0 Å². The van der Waals surface area contributed by atoms with Gasteiger partial charge in [-0.25, -0.2) is 4.79 Å². The third-order valence-corrected chi connectivity index (χ3v) is 4.62. The SMILES string of the molecule is CCOC(=O)COc1ccc2c(c1)O/C(=C/c1ccc(-c3ccccc3)cc1)C2=O. The number of ether oxygens (including phenoxy) is 3. The lowest BCUT2D eigenvalue weighted by Crippen LogP contribution is -2.14. The van der Waals surface area contributed by atoms with Gasteiger partial charge in [0.15, 0.2) is 12.4 Å². The fraction of sp³-hybridized carbons (Fsp3) is 0.120. The molecule has 0 fully saturated rings. The maximum absolute atomic E-state index is 12.6. The van der Waals surface area contributed by atoms with E-state index in [4.69, 9.17) is 14.2 Å². The zero-order chi connectivity index (χ0) is 20.9. The minimum absolute atomic E-state index is 0.186. The number of benzene rings is 3. The largest absolute Gasteiger partial charge is 0.482 e. The summed E-state index contributed by atoms with van der Waals surface area (Å²) in [5.41, 5.74) is 3.56. The van der Waals surface area contributed by atoms with Crippen molar-refractivity contribution in [1.82, 2.24) is 0 Å². The maximum Gasteiger partial charge on any atom is 0.344 e. The van der Waals surface area contributed by atoms with Gasteiger partial charge in [0.2, 0.25) is 5.78 Å². The minimum atomic E-state index is -0.450. The molecule has 3 aromatic rings. The highest BCUT2D eigenvalue weighted by Crippen LogP contribution is 2.35. The second-order valence-corrected chi connectivity index (χ2v) is 6.68. The zero-order valence-corrected chi connectivity index (χ0v) is 16.5. The van der Waals surface area contributed by atoms with Gasteiger partial charge in [0.05, 0.1) is 12.2 Å². The van der Waals surface area contributed by atoms with Gasteiger partial charge in [0.25, 0.3) is 0 Å². The van der Waals surface area contributed by atoms with E-state index in [0.29, 0.717) is 23.7 Å². The molecule has 3 aromatic carbocycles. The van der Waals surface area contributed by atoms with E-state index in [9.17, 15) is 9.59 Å². The van der Waals surface area contributed by atoms with Crippen molar-refractivity contribution in [2.24, 2.45) is 0 Å². The summed E-state index contributed by atoms with van der Waals surface area (Å²) in [5, 5.41) is 0. The average Bonchev–Trinajstić information content (AvgIpc) is 3.08. The fourth-order valence-corrected chi connectivity index (χ4v) is 3.16. The quantitative estimate of drug-likeness (QED) is 0.435. The van der Waals surface area contributed by atoms with Gasteiger partial charge in [0.1, 0.15) is 11.5 Å². The Morgan fingerprint density at radius 1 is 0.967 bits per heavy atom. The predicted octanol–water partition coefficient (Wildman–Crippen LogP) is 4.91. The zero-order valence-electron chi connectivity index (χ0n) is 16.5. The van der Waals surface area contributed by atoms with E-state index in [1.165, 1.54) is 0 Å². The van der Waals surface area contributed by atoms with Crippen LogP contribution in [-0.2, 0) is 9.53 Å².